The Morgan fingerprint density at radius 2 is 2.22 bits per heavy atom. The van der Waals surface area contributed by atoms with Crippen molar-refractivity contribution in [2.75, 3.05) is 6.61 Å². The Morgan fingerprint density at radius 3 is 3.00 bits per heavy atom. The molecule has 0 aliphatic heterocycles. The summed E-state index contributed by atoms with van der Waals surface area (Å²) < 4.78 is 7.00. The largest absolute Gasteiger partial charge is 0.492 e. The van der Waals surface area contributed by atoms with Crippen LogP contribution in [0, 0.1) is 0 Å². The fourth-order valence-electron chi connectivity index (χ4n) is 2.15. The molecule has 0 bridgehead atoms. The molecule has 0 fully saturated rings. The number of aromatic nitrogens is 3. The summed E-state index contributed by atoms with van der Waals surface area (Å²) in [6, 6.07) is 5.72. The molecule has 0 amide bonds. The van der Waals surface area contributed by atoms with Crippen LogP contribution < -0.4 is 10.3 Å². The number of hydrogen-bond acceptors (Lipinski definition) is 3. The van der Waals surface area contributed by atoms with E-state index in [9.17, 15) is 4.79 Å². The van der Waals surface area contributed by atoms with Gasteiger partial charge in [0.25, 0.3) is 5.56 Å². The van der Waals surface area contributed by atoms with E-state index in [1.165, 1.54) is 4.68 Å². The number of benzene rings is 1. The number of ether oxygens (including phenoxy) is 1. The van der Waals surface area contributed by atoms with E-state index in [4.69, 9.17) is 4.74 Å². The summed E-state index contributed by atoms with van der Waals surface area (Å²) in [5, 5.41) is 4.54. The Balaban J connectivity index is 2.45. The number of fused-ring (bicyclic) bond motifs is 3. The highest BCUT2D eigenvalue weighted by Gasteiger charge is 2.11. The SMILES string of the molecule is CCOc1cccc2c1ncc1c(=O)n(C)[nH]c12. The molecule has 0 aliphatic carbocycles. The van der Waals surface area contributed by atoms with Crippen molar-refractivity contribution in [2.24, 2.45) is 7.05 Å². The van der Waals surface area contributed by atoms with Crippen LogP contribution in [0.3, 0.4) is 0 Å². The molecule has 0 aliphatic rings. The Bertz CT molecular complexity index is 786. The first kappa shape index (κ1) is 10.8. The Kier molecular flexibility index (Phi) is 2.33. The van der Waals surface area contributed by atoms with Crippen molar-refractivity contribution in [3.05, 3.63) is 34.7 Å². The molecule has 1 N–H and O–H groups in total. The second kappa shape index (κ2) is 3.87. The summed E-state index contributed by atoms with van der Waals surface area (Å²) in [6.45, 7) is 2.52. The number of aromatic amines is 1. The molecule has 0 radical (unpaired) electrons. The highest BCUT2D eigenvalue weighted by atomic mass is 16.5. The minimum atomic E-state index is -0.0683. The monoisotopic (exact) mass is 243 g/mol. The van der Waals surface area contributed by atoms with Gasteiger partial charge in [-0.15, -0.1) is 0 Å². The van der Waals surface area contributed by atoms with Crippen molar-refractivity contribution in [2.45, 2.75) is 6.92 Å². The smallest absolute Gasteiger partial charge is 0.275 e. The van der Waals surface area contributed by atoms with E-state index in [1.807, 2.05) is 25.1 Å². The second-order valence-electron chi connectivity index (χ2n) is 4.11. The topological polar surface area (TPSA) is 59.9 Å². The van der Waals surface area contributed by atoms with Crippen molar-refractivity contribution in [3.8, 4) is 5.75 Å². The standard InChI is InChI=1S/C13H13N3O2/c1-3-18-10-6-4-5-8-11-9(7-14-12(8)10)13(17)16(2)15-11/h4-7,15H,3H2,1-2H3. The number of para-hydroxylation sites is 1. The number of aryl methyl sites for hydroxylation is 1. The first-order valence-corrected chi connectivity index (χ1v) is 5.81. The van der Waals surface area contributed by atoms with Gasteiger partial charge >= 0.3 is 0 Å². The predicted octanol–water partition coefficient (Wildman–Crippen LogP) is 1.81. The van der Waals surface area contributed by atoms with Gasteiger partial charge in [0, 0.05) is 18.6 Å². The van der Waals surface area contributed by atoms with Gasteiger partial charge in [-0.05, 0) is 13.0 Å². The molecule has 0 atom stereocenters. The Morgan fingerprint density at radius 1 is 1.39 bits per heavy atom. The van der Waals surface area contributed by atoms with Crippen molar-refractivity contribution in [1.29, 1.82) is 0 Å². The van der Waals surface area contributed by atoms with Crippen molar-refractivity contribution in [1.82, 2.24) is 14.8 Å². The number of H-pyrrole nitrogens is 1. The molecule has 92 valence electrons. The lowest BCUT2D eigenvalue weighted by molar-refractivity contribution is 0.343. The zero-order valence-corrected chi connectivity index (χ0v) is 10.2. The molecule has 0 unspecified atom stereocenters. The van der Waals surface area contributed by atoms with Crippen LogP contribution in [-0.2, 0) is 7.05 Å². The fourth-order valence-corrected chi connectivity index (χ4v) is 2.15. The van der Waals surface area contributed by atoms with Crippen LogP contribution in [0.4, 0.5) is 0 Å². The Hall–Kier alpha value is -2.30. The van der Waals surface area contributed by atoms with Crippen molar-refractivity contribution >= 4 is 21.8 Å². The lowest BCUT2D eigenvalue weighted by Gasteiger charge is -2.06. The maximum Gasteiger partial charge on any atom is 0.275 e. The summed E-state index contributed by atoms with van der Waals surface area (Å²) in [5.74, 6) is 0.738. The minimum Gasteiger partial charge on any atom is -0.492 e. The predicted molar refractivity (Wildman–Crippen MR) is 70.0 cm³/mol. The zero-order valence-electron chi connectivity index (χ0n) is 10.2. The zero-order chi connectivity index (χ0) is 12.7. The molecule has 0 saturated heterocycles. The van der Waals surface area contributed by atoms with E-state index < -0.39 is 0 Å². The summed E-state index contributed by atoms with van der Waals surface area (Å²) in [5.41, 5.74) is 1.50. The Labute approximate surface area is 103 Å². The quantitative estimate of drug-likeness (QED) is 0.746. The van der Waals surface area contributed by atoms with E-state index in [1.54, 1.807) is 13.2 Å². The molecule has 3 rings (SSSR count). The third-order valence-electron chi connectivity index (χ3n) is 2.97. The molecular weight excluding hydrogens is 230 g/mol. The van der Waals surface area contributed by atoms with Crippen LogP contribution in [-0.4, -0.2) is 21.4 Å². The van der Waals surface area contributed by atoms with Gasteiger partial charge in [-0.25, -0.2) is 0 Å². The van der Waals surface area contributed by atoms with Crippen LogP contribution >= 0.6 is 0 Å². The molecule has 2 heterocycles. The molecule has 18 heavy (non-hydrogen) atoms. The summed E-state index contributed by atoms with van der Waals surface area (Å²) in [6.07, 6.45) is 1.60. The third kappa shape index (κ3) is 1.40. The van der Waals surface area contributed by atoms with Crippen LogP contribution in [0.1, 0.15) is 6.92 Å². The van der Waals surface area contributed by atoms with E-state index in [2.05, 4.69) is 10.1 Å². The summed E-state index contributed by atoms with van der Waals surface area (Å²) in [7, 11) is 1.70. The summed E-state index contributed by atoms with van der Waals surface area (Å²) in [4.78, 5) is 16.2. The summed E-state index contributed by atoms with van der Waals surface area (Å²) >= 11 is 0. The van der Waals surface area contributed by atoms with Gasteiger partial charge in [0.1, 0.15) is 11.3 Å². The van der Waals surface area contributed by atoms with Gasteiger partial charge in [-0.1, -0.05) is 12.1 Å². The maximum absolute atomic E-state index is 11.8. The first-order chi connectivity index (χ1) is 8.72. The number of hydrogen-bond donors (Lipinski definition) is 1. The highest BCUT2D eigenvalue weighted by molar-refractivity contribution is 6.04. The maximum atomic E-state index is 11.8. The van der Waals surface area contributed by atoms with Gasteiger partial charge < -0.3 is 4.74 Å². The van der Waals surface area contributed by atoms with E-state index in [0.29, 0.717) is 12.0 Å². The molecule has 1 aromatic carbocycles. The van der Waals surface area contributed by atoms with E-state index in [-0.39, 0.29) is 5.56 Å². The van der Waals surface area contributed by atoms with Gasteiger partial charge in [0.2, 0.25) is 0 Å². The van der Waals surface area contributed by atoms with Gasteiger partial charge in [0.15, 0.2) is 0 Å². The molecule has 3 aromatic rings. The number of pyridine rings is 1. The third-order valence-corrected chi connectivity index (χ3v) is 2.97. The molecule has 0 spiro atoms. The molecular formula is C13H13N3O2. The number of nitrogens with one attached hydrogen (secondary N) is 1. The lowest BCUT2D eigenvalue weighted by atomic mass is 10.1. The molecule has 5 heteroatoms. The number of rotatable bonds is 2. The van der Waals surface area contributed by atoms with Crippen LogP contribution in [0.2, 0.25) is 0 Å². The molecule has 5 nitrogen and oxygen atoms in total. The van der Waals surface area contributed by atoms with Crippen molar-refractivity contribution < 1.29 is 4.74 Å². The van der Waals surface area contributed by atoms with Gasteiger partial charge in [0.05, 0.1) is 17.5 Å². The van der Waals surface area contributed by atoms with Crippen LogP contribution in [0.25, 0.3) is 21.8 Å². The highest BCUT2D eigenvalue weighted by Crippen LogP contribution is 2.27. The lowest BCUT2D eigenvalue weighted by Crippen LogP contribution is -2.11. The number of nitrogens with zero attached hydrogens (tertiary/aromatic N) is 2. The van der Waals surface area contributed by atoms with Gasteiger partial charge in [-0.2, -0.15) is 0 Å². The average molecular weight is 243 g/mol. The fraction of sp³-hybridized carbons (Fsp3) is 0.231. The average Bonchev–Trinajstić information content (AvgIpc) is 2.67. The molecule has 0 saturated carbocycles. The van der Waals surface area contributed by atoms with Gasteiger partial charge in [-0.3, -0.25) is 19.6 Å². The van der Waals surface area contributed by atoms with Crippen molar-refractivity contribution in [3.63, 3.8) is 0 Å². The van der Waals surface area contributed by atoms with E-state index >= 15 is 0 Å². The normalized spacial score (nSPS) is 11.2. The second-order valence-corrected chi connectivity index (χ2v) is 4.11. The molecule has 2 aromatic heterocycles. The van der Waals surface area contributed by atoms with Crippen LogP contribution in [0.5, 0.6) is 5.75 Å². The van der Waals surface area contributed by atoms with Crippen LogP contribution in [0.15, 0.2) is 29.2 Å². The first-order valence-electron chi connectivity index (χ1n) is 5.81. The minimum absolute atomic E-state index is 0.0683. The van der Waals surface area contributed by atoms with E-state index in [0.717, 1.165) is 22.2 Å².